The number of hydrogen-bond donors (Lipinski definition) is 1. The maximum absolute atomic E-state index is 12.4. The van der Waals surface area contributed by atoms with Gasteiger partial charge in [0, 0.05) is 43.3 Å². The molecule has 6 heteroatoms. The molecule has 1 atom stereocenters. The van der Waals surface area contributed by atoms with Crippen molar-refractivity contribution in [3.05, 3.63) is 34.9 Å². The molecule has 0 radical (unpaired) electrons. The van der Waals surface area contributed by atoms with Crippen LogP contribution >= 0.6 is 11.6 Å². The number of nitrogens with zero attached hydrogens (tertiary/aromatic N) is 2. The van der Waals surface area contributed by atoms with Crippen LogP contribution in [-0.2, 0) is 4.79 Å². The van der Waals surface area contributed by atoms with Crippen molar-refractivity contribution >= 4 is 23.4 Å². The van der Waals surface area contributed by atoms with Crippen LogP contribution in [0.5, 0.6) is 0 Å². The second-order valence-corrected chi connectivity index (χ2v) is 6.25. The van der Waals surface area contributed by atoms with E-state index in [0.717, 1.165) is 19.5 Å². The lowest BCUT2D eigenvalue weighted by molar-refractivity contribution is -0.136. The van der Waals surface area contributed by atoms with E-state index in [4.69, 9.17) is 11.6 Å². The van der Waals surface area contributed by atoms with Crippen LogP contribution in [0.15, 0.2) is 24.3 Å². The lowest BCUT2D eigenvalue weighted by Crippen LogP contribution is -2.52. The Morgan fingerprint density at radius 3 is 2.50 bits per heavy atom. The van der Waals surface area contributed by atoms with Gasteiger partial charge in [0.25, 0.3) is 5.91 Å². The van der Waals surface area contributed by atoms with Crippen LogP contribution in [0.3, 0.4) is 0 Å². The van der Waals surface area contributed by atoms with E-state index in [-0.39, 0.29) is 17.7 Å². The van der Waals surface area contributed by atoms with E-state index in [1.165, 1.54) is 0 Å². The average molecular weight is 322 g/mol. The number of halogens is 1. The number of piperazine rings is 1. The Balaban J connectivity index is 1.57. The van der Waals surface area contributed by atoms with Crippen LogP contribution in [0.1, 0.15) is 16.8 Å². The summed E-state index contributed by atoms with van der Waals surface area (Å²) in [6.45, 7) is 4.09. The molecule has 0 aliphatic carbocycles. The highest BCUT2D eigenvalue weighted by Crippen LogP contribution is 2.16. The zero-order valence-electron chi connectivity index (χ0n) is 12.4. The van der Waals surface area contributed by atoms with E-state index in [1.807, 2.05) is 4.90 Å². The summed E-state index contributed by atoms with van der Waals surface area (Å²) in [6, 6.07) is 6.99. The molecule has 2 aliphatic rings. The smallest absolute Gasteiger partial charge is 0.254 e. The Hall–Kier alpha value is -1.59. The van der Waals surface area contributed by atoms with Crippen molar-refractivity contribution in [2.75, 3.05) is 39.3 Å². The lowest BCUT2D eigenvalue weighted by Gasteiger charge is -2.36. The highest BCUT2D eigenvalue weighted by atomic mass is 35.5. The summed E-state index contributed by atoms with van der Waals surface area (Å²) in [5, 5.41) is 3.78. The molecule has 22 heavy (non-hydrogen) atoms. The third-order valence-corrected chi connectivity index (χ3v) is 4.59. The molecule has 2 fully saturated rings. The molecule has 0 saturated carbocycles. The fourth-order valence-corrected chi connectivity index (χ4v) is 3.25. The Kier molecular flexibility index (Phi) is 4.64. The molecule has 3 rings (SSSR count). The summed E-state index contributed by atoms with van der Waals surface area (Å²) in [7, 11) is 0. The van der Waals surface area contributed by atoms with E-state index in [1.54, 1.807) is 29.2 Å². The van der Waals surface area contributed by atoms with Gasteiger partial charge in [-0.25, -0.2) is 0 Å². The van der Waals surface area contributed by atoms with Gasteiger partial charge in [-0.1, -0.05) is 17.7 Å². The normalized spacial score (nSPS) is 22.0. The van der Waals surface area contributed by atoms with Crippen LogP contribution in [0, 0.1) is 5.92 Å². The molecule has 1 aromatic rings. The maximum Gasteiger partial charge on any atom is 0.254 e. The Morgan fingerprint density at radius 2 is 1.86 bits per heavy atom. The minimum atomic E-state index is -0.0165. The van der Waals surface area contributed by atoms with Gasteiger partial charge in [-0.3, -0.25) is 9.59 Å². The number of benzene rings is 1. The van der Waals surface area contributed by atoms with Gasteiger partial charge in [-0.05, 0) is 31.2 Å². The number of amides is 2. The highest BCUT2D eigenvalue weighted by Gasteiger charge is 2.30. The van der Waals surface area contributed by atoms with Gasteiger partial charge in [0.2, 0.25) is 5.91 Å². The molecule has 1 N–H and O–H groups in total. The standard InChI is InChI=1S/C16H20ClN3O2/c17-14-3-1-2-12(10-14)15(21)19-6-8-20(9-7-19)16(22)13-4-5-18-11-13/h1-3,10,13,18H,4-9,11H2. The summed E-state index contributed by atoms with van der Waals surface area (Å²) in [6.07, 6.45) is 0.917. The first-order valence-corrected chi connectivity index (χ1v) is 8.07. The second kappa shape index (κ2) is 6.67. The van der Waals surface area contributed by atoms with E-state index in [0.29, 0.717) is 36.8 Å². The van der Waals surface area contributed by atoms with Gasteiger partial charge >= 0.3 is 0 Å². The molecule has 1 aromatic carbocycles. The average Bonchev–Trinajstić information content (AvgIpc) is 3.08. The molecule has 1 unspecified atom stereocenters. The van der Waals surface area contributed by atoms with Crippen molar-refractivity contribution < 1.29 is 9.59 Å². The third kappa shape index (κ3) is 3.25. The minimum Gasteiger partial charge on any atom is -0.339 e. The molecular formula is C16H20ClN3O2. The monoisotopic (exact) mass is 321 g/mol. The Labute approximate surface area is 135 Å². The first-order chi connectivity index (χ1) is 10.6. The fraction of sp³-hybridized carbons (Fsp3) is 0.500. The van der Waals surface area contributed by atoms with Gasteiger partial charge in [-0.2, -0.15) is 0 Å². The minimum absolute atomic E-state index is 0.0165. The maximum atomic E-state index is 12.4. The highest BCUT2D eigenvalue weighted by molar-refractivity contribution is 6.30. The Morgan fingerprint density at radius 1 is 1.14 bits per heavy atom. The molecule has 0 aromatic heterocycles. The molecule has 0 spiro atoms. The zero-order valence-corrected chi connectivity index (χ0v) is 13.2. The first-order valence-electron chi connectivity index (χ1n) is 7.69. The predicted octanol–water partition coefficient (Wildman–Crippen LogP) is 1.23. The van der Waals surface area contributed by atoms with Crippen LogP contribution < -0.4 is 5.32 Å². The van der Waals surface area contributed by atoms with Gasteiger partial charge in [0.15, 0.2) is 0 Å². The van der Waals surface area contributed by atoms with E-state index < -0.39 is 0 Å². The number of hydrogen-bond acceptors (Lipinski definition) is 3. The number of carbonyl (C=O) groups excluding carboxylic acids is 2. The number of nitrogens with one attached hydrogen (secondary N) is 1. The quantitative estimate of drug-likeness (QED) is 0.891. The summed E-state index contributed by atoms with van der Waals surface area (Å²) in [4.78, 5) is 28.5. The second-order valence-electron chi connectivity index (χ2n) is 5.82. The molecule has 5 nitrogen and oxygen atoms in total. The van der Waals surface area contributed by atoms with Crippen molar-refractivity contribution in [1.29, 1.82) is 0 Å². The van der Waals surface area contributed by atoms with E-state index in [9.17, 15) is 9.59 Å². The van der Waals surface area contributed by atoms with Crippen molar-refractivity contribution in [2.24, 2.45) is 5.92 Å². The molecule has 0 bridgehead atoms. The van der Waals surface area contributed by atoms with Gasteiger partial charge < -0.3 is 15.1 Å². The largest absolute Gasteiger partial charge is 0.339 e. The first kappa shape index (κ1) is 15.3. The number of rotatable bonds is 2. The summed E-state index contributed by atoms with van der Waals surface area (Å²) in [5.74, 6) is 0.312. The van der Waals surface area contributed by atoms with Crippen molar-refractivity contribution in [1.82, 2.24) is 15.1 Å². The van der Waals surface area contributed by atoms with Gasteiger partial charge in [0.05, 0.1) is 5.92 Å². The lowest BCUT2D eigenvalue weighted by atomic mass is 10.1. The van der Waals surface area contributed by atoms with Crippen LogP contribution in [0.2, 0.25) is 5.02 Å². The predicted molar refractivity (Wildman–Crippen MR) is 84.9 cm³/mol. The molecule has 2 aliphatic heterocycles. The van der Waals surface area contributed by atoms with E-state index in [2.05, 4.69) is 5.32 Å². The molecule has 2 amide bonds. The van der Waals surface area contributed by atoms with Crippen molar-refractivity contribution in [2.45, 2.75) is 6.42 Å². The SMILES string of the molecule is O=C(c1cccc(Cl)c1)N1CCN(C(=O)C2CCNC2)CC1. The summed E-state index contributed by atoms with van der Waals surface area (Å²) < 4.78 is 0. The molecular weight excluding hydrogens is 302 g/mol. The molecule has 118 valence electrons. The zero-order chi connectivity index (χ0) is 15.5. The van der Waals surface area contributed by atoms with E-state index >= 15 is 0 Å². The molecule has 2 saturated heterocycles. The van der Waals surface area contributed by atoms with Gasteiger partial charge in [0.1, 0.15) is 0 Å². The van der Waals surface area contributed by atoms with Crippen LogP contribution in [0.25, 0.3) is 0 Å². The van der Waals surface area contributed by atoms with Gasteiger partial charge in [-0.15, -0.1) is 0 Å². The summed E-state index contributed by atoms with van der Waals surface area (Å²) in [5.41, 5.74) is 0.604. The molecule has 2 heterocycles. The van der Waals surface area contributed by atoms with Crippen molar-refractivity contribution in [3.63, 3.8) is 0 Å². The number of carbonyl (C=O) groups is 2. The fourth-order valence-electron chi connectivity index (χ4n) is 3.06. The van der Waals surface area contributed by atoms with Crippen LogP contribution in [-0.4, -0.2) is 60.9 Å². The van der Waals surface area contributed by atoms with Crippen molar-refractivity contribution in [3.8, 4) is 0 Å². The van der Waals surface area contributed by atoms with Crippen LogP contribution in [0.4, 0.5) is 0 Å². The summed E-state index contributed by atoms with van der Waals surface area (Å²) >= 11 is 5.94. The third-order valence-electron chi connectivity index (χ3n) is 4.36. The Bertz CT molecular complexity index is 564. The topological polar surface area (TPSA) is 52.7 Å².